The van der Waals surface area contributed by atoms with Gasteiger partial charge in [-0.2, -0.15) is 0 Å². The first-order valence-electron chi connectivity index (χ1n) is 14.0. The lowest BCUT2D eigenvalue weighted by atomic mass is 9.88. The lowest BCUT2D eigenvalue weighted by Gasteiger charge is -2.36. The highest BCUT2D eigenvalue weighted by Gasteiger charge is 2.27. The van der Waals surface area contributed by atoms with E-state index in [9.17, 15) is 14.7 Å². The quantitative estimate of drug-likeness (QED) is 0.275. The van der Waals surface area contributed by atoms with Crippen LogP contribution in [0, 0.1) is 0 Å². The van der Waals surface area contributed by atoms with E-state index in [2.05, 4.69) is 44.8 Å². The van der Waals surface area contributed by atoms with Crippen LogP contribution in [-0.2, 0) is 11.8 Å². The van der Waals surface area contributed by atoms with Crippen molar-refractivity contribution in [1.29, 1.82) is 0 Å². The van der Waals surface area contributed by atoms with E-state index < -0.39 is 17.7 Å². The van der Waals surface area contributed by atoms with Gasteiger partial charge in [-0.05, 0) is 107 Å². The number of nitrogens with one attached hydrogen (secondary N) is 1. The van der Waals surface area contributed by atoms with Crippen LogP contribution < -0.4 is 5.32 Å². The van der Waals surface area contributed by atoms with Gasteiger partial charge in [0, 0.05) is 42.1 Å². The standard InChI is InChI=1S/C32H37N5O4/c1-20(37-16-13-22(14-17-37)21-6-8-23(9-7-21)30(38)39)27-18-26-25(12-15-33-29(26)36(27)5)24-10-11-28(34-19-24)35-31(40)41-32(2,3)4/h6-12,15,18-20,22H,13-14,16-17H2,1-5H3,(H,38,39)(H,34,35,40)/t20-/m0/s1. The zero-order valence-corrected chi connectivity index (χ0v) is 24.2. The van der Waals surface area contributed by atoms with Crippen molar-refractivity contribution in [3.05, 3.63) is 77.7 Å². The van der Waals surface area contributed by atoms with Gasteiger partial charge in [0.15, 0.2) is 0 Å². The third kappa shape index (κ3) is 6.25. The monoisotopic (exact) mass is 555 g/mol. The maximum atomic E-state index is 12.1. The number of benzene rings is 1. The molecule has 41 heavy (non-hydrogen) atoms. The third-order valence-electron chi connectivity index (χ3n) is 7.80. The molecule has 1 atom stereocenters. The number of likely N-dealkylation sites (tertiary alicyclic amines) is 1. The number of aromatic nitrogens is 3. The normalized spacial score (nSPS) is 15.5. The number of anilines is 1. The van der Waals surface area contributed by atoms with Crippen LogP contribution in [0.4, 0.5) is 10.6 Å². The molecule has 0 aliphatic carbocycles. The summed E-state index contributed by atoms with van der Waals surface area (Å²) in [6.45, 7) is 9.63. The van der Waals surface area contributed by atoms with Gasteiger partial charge in [0.05, 0.1) is 5.56 Å². The highest BCUT2D eigenvalue weighted by Crippen LogP contribution is 2.36. The Morgan fingerprint density at radius 3 is 2.37 bits per heavy atom. The summed E-state index contributed by atoms with van der Waals surface area (Å²) in [5.41, 5.74) is 5.03. The number of aromatic carboxylic acids is 1. The van der Waals surface area contributed by atoms with Crippen LogP contribution in [0.1, 0.15) is 74.1 Å². The van der Waals surface area contributed by atoms with Gasteiger partial charge in [0.2, 0.25) is 0 Å². The average Bonchev–Trinajstić information content (AvgIpc) is 3.28. The van der Waals surface area contributed by atoms with E-state index in [1.54, 1.807) is 24.4 Å². The van der Waals surface area contributed by atoms with Crippen LogP contribution in [0.5, 0.6) is 0 Å². The number of pyridine rings is 2. The Morgan fingerprint density at radius 2 is 1.76 bits per heavy atom. The minimum absolute atomic E-state index is 0.205. The molecular formula is C32H37N5O4. The van der Waals surface area contributed by atoms with E-state index in [0.29, 0.717) is 17.3 Å². The molecule has 1 fully saturated rings. The summed E-state index contributed by atoms with van der Waals surface area (Å²) in [5.74, 6) is -0.0319. The lowest BCUT2D eigenvalue weighted by molar-refractivity contribution is 0.0633. The van der Waals surface area contributed by atoms with Gasteiger partial charge in [-0.3, -0.25) is 10.2 Å². The first-order valence-corrected chi connectivity index (χ1v) is 14.0. The highest BCUT2D eigenvalue weighted by atomic mass is 16.6. The fourth-order valence-electron chi connectivity index (χ4n) is 5.63. The van der Waals surface area contributed by atoms with Crippen molar-refractivity contribution in [2.24, 2.45) is 7.05 Å². The molecule has 5 rings (SSSR count). The van der Waals surface area contributed by atoms with Gasteiger partial charge < -0.3 is 14.4 Å². The molecule has 1 aliphatic rings. The summed E-state index contributed by atoms with van der Waals surface area (Å²) in [6.07, 6.45) is 5.09. The molecule has 0 radical (unpaired) electrons. The van der Waals surface area contributed by atoms with Crippen molar-refractivity contribution in [1.82, 2.24) is 19.4 Å². The molecular weight excluding hydrogens is 518 g/mol. The van der Waals surface area contributed by atoms with Gasteiger partial charge in [0.1, 0.15) is 17.1 Å². The van der Waals surface area contributed by atoms with E-state index >= 15 is 0 Å². The van der Waals surface area contributed by atoms with E-state index in [-0.39, 0.29) is 6.04 Å². The van der Waals surface area contributed by atoms with Crippen LogP contribution in [0.25, 0.3) is 22.2 Å². The smallest absolute Gasteiger partial charge is 0.413 e. The van der Waals surface area contributed by atoms with Crippen LogP contribution in [0.2, 0.25) is 0 Å². The zero-order chi connectivity index (χ0) is 29.3. The maximum Gasteiger partial charge on any atom is 0.413 e. The van der Waals surface area contributed by atoms with Gasteiger partial charge in [0.25, 0.3) is 0 Å². The predicted molar refractivity (Wildman–Crippen MR) is 159 cm³/mol. The van der Waals surface area contributed by atoms with Crippen LogP contribution >= 0.6 is 0 Å². The summed E-state index contributed by atoms with van der Waals surface area (Å²) in [7, 11) is 2.06. The van der Waals surface area contributed by atoms with Crippen molar-refractivity contribution in [2.75, 3.05) is 18.4 Å². The number of fused-ring (bicyclic) bond motifs is 1. The molecule has 9 heteroatoms. The molecule has 214 valence electrons. The first-order chi connectivity index (χ1) is 19.5. The molecule has 0 spiro atoms. The summed E-state index contributed by atoms with van der Waals surface area (Å²) in [5, 5.41) is 12.9. The lowest BCUT2D eigenvalue weighted by Crippen LogP contribution is -2.35. The second-order valence-corrected chi connectivity index (χ2v) is 11.7. The van der Waals surface area contributed by atoms with Crippen LogP contribution in [-0.4, -0.2) is 55.3 Å². The van der Waals surface area contributed by atoms with E-state index in [1.807, 2.05) is 51.2 Å². The Bertz CT molecular complexity index is 1550. The van der Waals surface area contributed by atoms with Crippen molar-refractivity contribution in [3.63, 3.8) is 0 Å². The Hall–Kier alpha value is -4.24. The molecule has 1 saturated heterocycles. The second-order valence-electron chi connectivity index (χ2n) is 11.7. The number of nitrogens with zero attached hydrogens (tertiary/aromatic N) is 4. The summed E-state index contributed by atoms with van der Waals surface area (Å²) < 4.78 is 7.49. The number of piperidine rings is 1. The molecule has 1 amide bonds. The molecule has 0 bridgehead atoms. The van der Waals surface area contributed by atoms with E-state index in [1.165, 1.54) is 11.3 Å². The number of carbonyl (C=O) groups is 2. The van der Waals surface area contributed by atoms with Gasteiger partial charge >= 0.3 is 12.1 Å². The van der Waals surface area contributed by atoms with Gasteiger partial charge in [-0.15, -0.1) is 0 Å². The van der Waals surface area contributed by atoms with Crippen LogP contribution in [0.3, 0.4) is 0 Å². The number of amides is 1. The SMILES string of the molecule is C[C@@H](c1cc2c(-c3ccc(NC(=O)OC(C)(C)C)nc3)ccnc2n1C)N1CCC(c2ccc(C(=O)O)cc2)CC1. The largest absolute Gasteiger partial charge is 0.478 e. The topological polar surface area (TPSA) is 110 Å². The molecule has 0 unspecified atom stereocenters. The summed E-state index contributed by atoms with van der Waals surface area (Å²) in [6, 6.07) is 15.5. The Balaban J connectivity index is 1.30. The van der Waals surface area contributed by atoms with Crippen molar-refractivity contribution < 1.29 is 19.4 Å². The Morgan fingerprint density at radius 1 is 1.05 bits per heavy atom. The number of rotatable bonds is 6. The minimum Gasteiger partial charge on any atom is -0.478 e. The third-order valence-corrected chi connectivity index (χ3v) is 7.80. The summed E-state index contributed by atoms with van der Waals surface area (Å²) >= 11 is 0. The van der Waals surface area contributed by atoms with Gasteiger partial charge in [-0.1, -0.05) is 12.1 Å². The Labute approximate surface area is 240 Å². The first kappa shape index (κ1) is 28.3. The van der Waals surface area contributed by atoms with Crippen molar-refractivity contribution >= 4 is 28.9 Å². The van der Waals surface area contributed by atoms with Crippen LogP contribution in [0.15, 0.2) is 60.9 Å². The van der Waals surface area contributed by atoms with Gasteiger partial charge in [-0.25, -0.2) is 19.6 Å². The zero-order valence-electron chi connectivity index (χ0n) is 24.2. The molecule has 1 aliphatic heterocycles. The fraction of sp³-hybridized carbons (Fsp3) is 0.375. The highest BCUT2D eigenvalue weighted by molar-refractivity contribution is 5.94. The fourth-order valence-corrected chi connectivity index (χ4v) is 5.63. The number of carboxylic acids is 1. The van der Waals surface area contributed by atoms with E-state index in [0.717, 1.165) is 48.1 Å². The minimum atomic E-state index is -0.892. The number of aryl methyl sites for hydroxylation is 1. The number of hydrogen-bond acceptors (Lipinski definition) is 6. The Kier molecular flexibility index (Phi) is 7.82. The number of hydrogen-bond donors (Lipinski definition) is 2. The molecule has 0 saturated carbocycles. The van der Waals surface area contributed by atoms with Crippen molar-refractivity contribution in [2.45, 2.75) is 58.1 Å². The molecule has 2 N–H and O–H groups in total. The summed E-state index contributed by atoms with van der Waals surface area (Å²) in [4.78, 5) is 34.9. The second kappa shape index (κ2) is 11.3. The molecule has 4 aromatic rings. The average molecular weight is 556 g/mol. The maximum absolute atomic E-state index is 12.1. The number of carbonyl (C=O) groups excluding carboxylic acids is 1. The molecule has 1 aromatic carbocycles. The number of ether oxygens (including phenoxy) is 1. The van der Waals surface area contributed by atoms with E-state index in [4.69, 9.17) is 4.74 Å². The van der Waals surface area contributed by atoms with Crippen molar-refractivity contribution in [3.8, 4) is 11.1 Å². The molecule has 4 heterocycles. The number of carboxylic acid groups (broad SMARTS) is 1. The predicted octanol–water partition coefficient (Wildman–Crippen LogP) is 6.62. The molecule has 9 nitrogen and oxygen atoms in total. The molecule has 3 aromatic heterocycles.